The lowest BCUT2D eigenvalue weighted by Gasteiger charge is -2.23. The molecule has 1 aliphatic heterocycles. The van der Waals surface area contributed by atoms with Gasteiger partial charge in [0.25, 0.3) is 11.8 Å². The van der Waals surface area contributed by atoms with Crippen LogP contribution in [-0.4, -0.2) is 28.5 Å². The van der Waals surface area contributed by atoms with Crippen molar-refractivity contribution in [1.29, 1.82) is 0 Å². The van der Waals surface area contributed by atoms with E-state index in [0.29, 0.717) is 24.1 Å². The van der Waals surface area contributed by atoms with Gasteiger partial charge >= 0.3 is 0 Å². The number of hydrogen-bond donors (Lipinski definition) is 1. The number of ketones is 1. The van der Waals surface area contributed by atoms with E-state index in [0.717, 1.165) is 24.2 Å². The first-order valence-electron chi connectivity index (χ1n) is 6.90. The van der Waals surface area contributed by atoms with Crippen LogP contribution < -0.4 is 5.73 Å². The quantitative estimate of drug-likeness (QED) is 0.480. The normalized spacial score (nSPS) is 22.9. The van der Waals surface area contributed by atoms with Crippen LogP contribution in [0.5, 0.6) is 0 Å². The molecule has 104 valence electrons. The van der Waals surface area contributed by atoms with Crippen molar-refractivity contribution in [2.24, 2.45) is 0 Å². The van der Waals surface area contributed by atoms with E-state index in [9.17, 15) is 14.4 Å². The predicted molar refractivity (Wildman–Crippen MR) is 73.2 cm³/mol. The molecule has 0 saturated heterocycles. The number of nitrogens with two attached hydrogens (primary N) is 1. The number of fused-ring (bicyclic) bond motifs is 1. The highest BCUT2D eigenvalue weighted by atomic mass is 16.2. The van der Waals surface area contributed by atoms with Gasteiger partial charge in [0.05, 0.1) is 17.2 Å². The van der Waals surface area contributed by atoms with Gasteiger partial charge in [-0.15, -0.1) is 0 Å². The van der Waals surface area contributed by atoms with Gasteiger partial charge in [-0.3, -0.25) is 19.3 Å². The van der Waals surface area contributed by atoms with E-state index in [2.05, 4.69) is 0 Å². The lowest BCUT2D eigenvalue weighted by molar-refractivity contribution is -0.122. The molecule has 0 radical (unpaired) electrons. The van der Waals surface area contributed by atoms with Crippen LogP contribution in [0, 0.1) is 0 Å². The van der Waals surface area contributed by atoms with Gasteiger partial charge in [0.2, 0.25) is 0 Å². The molecule has 1 heterocycles. The third kappa shape index (κ3) is 1.81. The highest BCUT2D eigenvalue weighted by Gasteiger charge is 2.43. The van der Waals surface area contributed by atoms with Gasteiger partial charge in [-0.1, -0.05) is 18.9 Å². The van der Waals surface area contributed by atoms with Crippen LogP contribution in [0.4, 0.5) is 5.69 Å². The SMILES string of the molecule is Nc1cccc2c1C(=O)N([C@H]1CCCCCC1=O)C2=O. The molecule has 1 aromatic rings. The lowest BCUT2D eigenvalue weighted by atomic mass is 10.1. The molecule has 1 saturated carbocycles. The number of benzene rings is 1. The van der Waals surface area contributed by atoms with Crippen molar-refractivity contribution in [1.82, 2.24) is 4.90 Å². The molecular weight excluding hydrogens is 256 g/mol. The third-order valence-electron chi connectivity index (χ3n) is 4.06. The van der Waals surface area contributed by atoms with Crippen molar-refractivity contribution in [3.05, 3.63) is 29.3 Å². The number of anilines is 1. The van der Waals surface area contributed by atoms with Crippen LogP contribution in [0.15, 0.2) is 18.2 Å². The Kier molecular flexibility index (Phi) is 3.04. The number of amides is 2. The van der Waals surface area contributed by atoms with Gasteiger partial charge in [-0.05, 0) is 25.0 Å². The highest BCUT2D eigenvalue weighted by molar-refractivity contribution is 6.25. The van der Waals surface area contributed by atoms with E-state index in [1.54, 1.807) is 18.2 Å². The van der Waals surface area contributed by atoms with Crippen LogP contribution in [0.2, 0.25) is 0 Å². The van der Waals surface area contributed by atoms with E-state index in [1.807, 2.05) is 0 Å². The van der Waals surface area contributed by atoms with Crippen LogP contribution in [0.3, 0.4) is 0 Å². The second-order valence-electron chi connectivity index (χ2n) is 5.33. The molecule has 0 unspecified atom stereocenters. The predicted octanol–water partition coefficient (Wildman–Crippen LogP) is 1.77. The molecule has 5 nitrogen and oxygen atoms in total. The smallest absolute Gasteiger partial charge is 0.264 e. The molecule has 1 fully saturated rings. The summed E-state index contributed by atoms with van der Waals surface area (Å²) in [6, 6.07) is 4.22. The van der Waals surface area contributed by atoms with Crippen molar-refractivity contribution in [3.63, 3.8) is 0 Å². The van der Waals surface area contributed by atoms with Gasteiger partial charge < -0.3 is 5.73 Å². The molecule has 20 heavy (non-hydrogen) atoms. The molecule has 0 spiro atoms. The van der Waals surface area contributed by atoms with Crippen LogP contribution in [-0.2, 0) is 4.79 Å². The second kappa shape index (κ2) is 4.74. The zero-order valence-corrected chi connectivity index (χ0v) is 11.1. The fourth-order valence-electron chi connectivity index (χ4n) is 3.03. The first-order chi connectivity index (χ1) is 9.61. The molecule has 3 rings (SSSR count). The van der Waals surface area contributed by atoms with Gasteiger partial charge in [-0.25, -0.2) is 0 Å². The fraction of sp³-hybridized carbons (Fsp3) is 0.400. The number of hydrogen-bond acceptors (Lipinski definition) is 4. The molecular formula is C15H16N2O3. The monoisotopic (exact) mass is 272 g/mol. The van der Waals surface area contributed by atoms with Crippen molar-refractivity contribution >= 4 is 23.3 Å². The zero-order valence-electron chi connectivity index (χ0n) is 11.1. The Labute approximate surface area is 116 Å². The fourth-order valence-corrected chi connectivity index (χ4v) is 3.03. The van der Waals surface area contributed by atoms with Gasteiger partial charge in [0.1, 0.15) is 0 Å². The van der Waals surface area contributed by atoms with E-state index < -0.39 is 17.9 Å². The maximum absolute atomic E-state index is 12.5. The number of nitrogens with zero attached hydrogens (tertiary/aromatic N) is 1. The number of carbonyl (C=O) groups excluding carboxylic acids is 3. The molecule has 2 aliphatic rings. The topological polar surface area (TPSA) is 80.5 Å². The van der Waals surface area contributed by atoms with E-state index in [1.165, 1.54) is 0 Å². The van der Waals surface area contributed by atoms with E-state index in [-0.39, 0.29) is 11.3 Å². The molecule has 0 aromatic heterocycles. The standard InChI is InChI=1S/C15H16N2O3/c16-10-6-4-5-9-13(10)15(20)17(14(9)19)11-7-2-1-3-8-12(11)18/h4-6,11H,1-3,7-8,16H2/t11-/m0/s1. The number of nitrogen functional groups attached to an aromatic ring is 1. The minimum atomic E-state index is -0.621. The summed E-state index contributed by atoms with van der Waals surface area (Å²) in [4.78, 5) is 38.1. The Bertz CT molecular complexity index is 609. The summed E-state index contributed by atoms with van der Waals surface area (Å²) >= 11 is 0. The number of imide groups is 1. The van der Waals surface area contributed by atoms with Crippen LogP contribution >= 0.6 is 0 Å². The number of carbonyl (C=O) groups is 3. The van der Waals surface area contributed by atoms with Crippen LogP contribution in [0.1, 0.15) is 52.8 Å². The minimum absolute atomic E-state index is 0.0180. The third-order valence-corrected chi connectivity index (χ3v) is 4.06. The molecule has 2 N–H and O–H groups in total. The summed E-state index contributed by atoms with van der Waals surface area (Å²) in [5.41, 5.74) is 6.65. The van der Waals surface area contributed by atoms with Crippen molar-refractivity contribution in [3.8, 4) is 0 Å². The first kappa shape index (κ1) is 12.8. The second-order valence-corrected chi connectivity index (χ2v) is 5.33. The Morgan fingerprint density at radius 1 is 1.05 bits per heavy atom. The Balaban J connectivity index is 2.01. The summed E-state index contributed by atoms with van der Waals surface area (Å²) in [5.74, 6) is -0.837. The van der Waals surface area contributed by atoms with E-state index >= 15 is 0 Å². The first-order valence-corrected chi connectivity index (χ1v) is 6.90. The maximum Gasteiger partial charge on any atom is 0.264 e. The molecule has 5 heteroatoms. The Hall–Kier alpha value is -2.17. The van der Waals surface area contributed by atoms with Crippen LogP contribution in [0.25, 0.3) is 0 Å². The summed E-state index contributed by atoms with van der Waals surface area (Å²) in [5, 5.41) is 0. The molecule has 0 bridgehead atoms. The Morgan fingerprint density at radius 2 is 1.85 bits per heavy atom. The zero-order chi connectivity index (χ0) is 14.3. The molecule has 1 atom stereocenters. The van der Waals surface area contributed by atoms with Crippen molar-refractivity contribution < 1.29 is 14.4 Å². The van der Waals surface area contributed by atoms with Gasteiger partial charge in [0.15, 0.2) is 5.78 Å². The summed E-state index contributed by atoms with van der Waals surface area (Å²) < 4.78 is 0. The number of rotatable bonds is 1. The summed E-state index contributed by atoms with van der Waals surface area (Å²) in [6.45, 7) is 0. The molecule has 1 aliphatic carbocycles. The average molecular weight is 272 g/mol. The Morgan fingerprint density at radius 3 is 2.60 bits per heavy atom. The summed E-state index contributed by atoms with van der Waals surface area (Å²) in [6.07, 6.45) is 3.66. The average Bonchev–Trinajstić information content (AvgIpc) is 2.57. The summed E-state index contributed by atoms with van der Waals surface area (Å²) in [7, 11) is 0. The van der Waals surface area contributed by atoms with E-state index in [4.69, 9.17) is 5.73 Å². The van der Waals surface area contributed by atoms with Gasteiger partial charge in [0, 0.05) is 12.1 Å². The largest absolute Gasteiger partial charge is 0.398 e. The van der Waals surface area contributed by atoms with Crippen molar-refractivity contribution in [2.75, 3.05) is 5.73 Å². The maximum atomic E-state index is 12.5. The highest BCUT2D eigenvalue weighted by Crippen LogP contribution is 2.31. The lowest BCUT2D eigenvalue weighted by Crippen LogP contribution is -2.44. The van der Waals surface area contributed by atoms with Gasteiger partial charge in [-0.2, -0.15) is 0 Å². The van der Waals surface area contributed by atoms with Crippen molar-refractivity contribution in [2.45, 2.75) is 38.1 Å². The number of Topliss-reactive ketones (excluding diaryl/α,β-unsaturated/α-hetero) is 1. The molecule has 1 aromatic carbocycles. The molecule has 2 amide bonds. The minimum Gasteiger partial charge on any atom is -0.398 e.